The number of carbonyl (C=O) groups excluding carboxylic acids is 2. The summed E-state index contributed by atoms with van der Waals surface area (Å²) in [6.07, 6.45) is 27.9. The third-order valence-electron chi connectivity index (χ3n) is 6.18. The van der Waals surface area contributed by atoms with Crippen LogP contribution in [0.15, 0.2) is 0 Å². The molecule has 0 radical (unpaired) electrons. The minimum absolute atomic E-state index is 0.232. The fourth-order valence-electron chi connectivity index (χ4n) is 3.68. The first-order valence-corrected chi connectivity index (χ1v) is 17.4. The molecule has 5 heteroatoms. The Morgan fingerprint density at radius 2 is 0.649 bits per heavy atom. The summed E-state index contributed by atoms with van der Waals surface area (Å²) in [7, 11) is 0. The van der Waals surface area contributed by atoms with Crippen LogP contribution in [0.25, 0.3) is 0 Å². The van der Waals surface area contributed by atoms with Gasteiger partial charge in [-0.05, 0) is 25.7 Å². The van der Waals surface area contributed by atoms with E-state index in [1.54, 1.807) is 0 Å². The number of hydrogen-bond acceptors (Lipinski definition) is 4. The molecule has 0 atom stereocenters. The van der Waals surface area contributed by atoms with Gasteiger partial charge in [-0.2, -0.15) is 0 Å². The summed E-state index contributed by atoms with van der Waals surface area (Å²) >= 11 is 1.46. The van der Waals surface area contributed by atoms with Gasteiger partial charge >= 0.3 is 65.1 Å². The molecule has 0 unspecified atom stereocenters. The molecule has 0 aliphatic heterocycles. The summed E-state index contributed by atoms with van der Waals surface area (Å²) in [6.45, 7) is 8.97. The van der Waals surface area contributed by atoms with Crippen LogP contribution in [0.2, 0.25) is 10.6 Å². The van der Waals surface area contributed by atoms with Crippen LogP contribution in [0.1, 0.15) is 182 Å². The summed E-state index contributed by atoms with van der Waals surface area (Å²) in [5.74, 6) is -1.82. The summed E-state index contributed by atoms with van der Waals surface area (Å²) in [5, 5.41) is 23.1. The van der Waals surface area contributed by atoms with Crippen LogP contribution < -0.4 is 10.2 Å². The van der Waals surface area contributed by atoms with Crippen LogP contribution in [0, 0.1) is 0 Å². The van der Waals surface area contributed by atoms with Crippen molar-refractivity contribution in [2.24, 2.45) is 0 Å². The first-order chi connectivity index (χ1) is 18.0. The minimum atomic E-state index is -0.909. The molecule has 0 rings (SSSR count). The molecule has 0 aliphatic rings. The van der Waals surface area contributed by atoms with Gasteiger partial charge in [-0.25, -0.2) is 0 Å². The van der Waals surface area contributed by atoms with Crippen LogP contribution >= 0.6 is 0 Å². The number of carboxylic acid groups (broad SMARTS) is 2. The number of hydrogen-bond donors (Lipinski definition) is 0. The van der Waals surface area contributed by atoms with E-state index in [0.717, 1.165) is 25.7 Å². The predicted molar refractivity (Wildman–Crippen MR) is 153 cm³/mol. The molecule has 0 aromatic carbocycles. The van der Waals surface area contributed by atoms with Gasteiger partial charge in [0.05, 0.1) is 0 Å². The Labute approximate surface area is 238 Å². The molecule has 0 bridgehead atoms. The Balaban J connectivity index is -0.000000481. The van der Waals surface area contributed by atoms with Crippen LogP contribution in [0.3, 0.4) is 0 Å². The van der Waals surface area contributed by atoms with Crippen molar-refractivity contribution in [3.8, 4) is 0 Å². The summed E-state index contributed by atoms with van der Waals surface area (Å²) in [6, 6.07) is 0. The van der Waals surface area contributed by atoms with Crippen molar-refractivity contribution in [2.75, 3.05) is 0 Å². The topological polar surface area (TPSA) is 80.3 Å². The Hall–Kier alpha value is -0.541. The second kappa shape index (κ2) is 40.0. The zero-order valence-corrected chi connectivity index (χ0v) is 26.5. The van der Waals surface area contributed by atoms with E-state index in [1.807, 2.05) is 0 Å². The van der Waals surface area contributed by atoms with E-state index in [2.05, 4.69) is 27.7 Å². The molecule has 0 saturated carbocycles. The Morgan fingerprint density at radius 1 is 0.405 bits per heavy atom. The van der Waals surface area contributed by atoms with Crippen molar-refractivity contribution in [3.63, 3.8) is 0 Å². The fourth-order valence-corrected chi connectivity index (χ4v) is 5.28. The molecule has 0 heterocycles. The molecule has 0 aromatic heterocycles. The van der Waals surface area contributed by atoms with Gasteiger partial charge in [0, 0.05) is 11.9 Å². The Kier molecular flexibility index (Phi) is 44.2. The third kappa shape index (κ3) is 52.6. The van der Waals surface area contributed by atoms with Gasteiger partial charge in [0.2, 0.25) is 0 Å². The predicted octanol–water partition coefficient (Wildman–Crippen LogP) is 8.82. The second-order valence-corrected chi connectivity index (χ2v) is 11.8. The van der Waals surface area contributed by atoms with Crippen LogP contribution in [0.5, 0.6) is 0 Å². The Morgan fingerprint density at radius 3 is 0.892 bits per heavy atom. The molecule has 0 saturated heterocycles. The van der Waals surface area contributed by atoms with Gasteiger partial charge in [0.1, 0.15) is 0 Å². The molecule has 0 fully saturated rings. The SMILES string of the molecule is CCCCCCCCCCCC(=O)[O-].CCCCCCCCCCCC(=O)[O-].CCC[CH2][Fe+2][CH2]CCC. The van der Waals surface area contributed by atoms with Gasteiger partial charge in [-0.1, -0.05) is 117 Å². The molecular formula is C32H64FeO4. The van der Waals surface area contributed by atoms with E-state index in [0.29, 0.717) is 0 Å². The molecule has 224 valence electrons. The summed E-state index contributed by atoms with van der Waals surface area (Å²) < 4.78 is 0. The first-order valence-electron chi connectivity index (χ1n) is 15.9. The summed E-state index contributed by atoms with van der Waals surface area (Å²) in [4.78, 5) is 20.2. The molecule has 4 nitrogen and oxygen atoms in total. The third-order valence-corrected chi connectivity index (χ3v) is 7.74. The van der Waals surface area contributed by atoms with Crippen LogP contribution in [-0.2, 0) is 24.5 Å². The summed E-state index contributed by atoms with van der Waals surface area (Å²) in [5.41, 5.74) is 0. The standard InChI is InChI=1S/2C12H24O2.2C4H9.Fe/c2*1-2-3-4-5-6-7-8-9-10-11-12(13)14;2*1-3-4-2;/h2*2-11H2,1H3,(H,13,14);2*1,3-4H2,2H3;/q;;;;+2/p-2. The van der Waals surface area contributed by atoms with Crippen LogP contribution in [0.4, 0.5) is 0 Å². The van der Waals surface area contributed by atoms with E-state index >= 15 is 0 Å². The average Bonchev–Trinajstić information content (AvgIpc) is 2.87. The fraction of sp³-hybridized carbons (Fsp3) is 0.938. The van der Waals surface area contributed by atoms with Gasteiger partial charge < -0.3 is 19.8 Å². The van der Waals surface area contributed by atoms with E-state index in [-0.39, 0.29) is 12.8 Å². The van der Waals surface area contributed by atoms with Crippen molar-refractivity contribution in [2.45, 2.75) is 192 Å². The van der Waals surface area contributed by atoms with Gasteiger partial charge in [0.25, 0.3) is 0 Å². The van der Waals surface area contributed by atoms with Crippen molar-refractivity contribution >= 4 is 11.9 Å². The molecule has 0 amide bonds. The maximum absolute atomic E-state index is 10.1. The van der Waals surface area contributed by atoms with Gasteiger partial charge in [-0.15, -0.1) is 0 Å². The van der Waals surface area contributed by atoms with Crippen LogP contribution in [-0.4, -0.2) is 11.9 Å². The van der Waals surface area contributed by atoms with E-state index in [4.69, 9.17) is 0 Å². The zero-order valence-electron chi connectivity index (χ0n) is 25.4. The molecule has 0 spiro atoms. The number of carboxylic acids is 2. The van der Waals surface area contributed by atoms with Crippen molar-refractivity contribution in [1.82, 2.24) is 0 Å². The Bertz CT molecular complexity index is 391. The second-order valence-electron chi connectivity index (χ2n) is 10.1. The number of carbonyl (C=O) groups is 2. The van der Waals surface area contributed by atoms with E-state index < -0.39 is 11.9 Å². The van der Waals surface area contributed by atoms with E-state index in [1.165, 1.54) is 141 Å². The van der Waals surface area contributed by atoms with Crippen molar-refractivity contribution < 1.29 is 34.8 Å². The molecule has 37 heavy (non-hydrogen) atoms. The molecule has 0 N–H and O–H groups in total. The quantitative estimate of drug-likeness (QED) is 0.0771. The monoisotopic (exact) mass is 568 g/mol. The normalized spacial score (nSPS) is 10.3. The van der Waals surface area contributed by atoms with Gasteiger partial charge in [0.15, 0.2) is 0 Å². The number of unbranched alkanes of at least 4 members (excludes halogenated alkanes) is 18. The van der Waals surface area contributed by atoms with Crippen molar-refractivity contribution in [3.05, 3.63) is 0 Å². The zero-order chi connectivity index (χ0) is 28.2. The molecule has 0 aliphatic carbocycles. The van der Waals surface area contributed by atoms with Gasteiger partial charge in [-0.3, -0.25) is 0 Å². The average molecular weight is 569 g/mol. The molecule has 0 aromatic rings. The maximum atomic E-state index is 10.1. The first kappa shape index (κ1) is 40.9. The van der Waals surface area contributed by atoms with E-state index in [9.17, 15) is 19.8 Å². The molecular weight excluding hydrogens is 504 g/mol. The van der Waals surface area contributed by atoms with Crippen molar-refractivity contribution in [1.29, 1.82) is 0 Å². The number of rotatable bonds is 26. The number of aliphatic carboxylic acids is 2.